The minimum atomic E-state index is -0.568. The van der Waals surface area contributed by atoms with Crippen molar-refractivity contribution in [2.75, 3.05) is 5.73 Å². The van der Waals surface area contributed by atoms with Gasteiger partial charge in [0.1, 0.15) is 17.2 Å². The fraction of sp³-hybridized carbons (Fsp3) is 0.0769. The number of hydrogen-bond donors (Lipinski definition) is 1. The summed E-state index contributed by atoms with van der Waals surface area (Å²) in [6, 6.07) is 6.40. The summed E-state index contributed by atoms with van der Waals surface area (Å²) in [5.74, 6) is -0.548. The van der Waals surface area contributed by atoms with Crippen molar-refractivity contribution in [2.24, 2.45) is 7.05 Å². The van der Waals surface area contributed by atoms with Gasteiger partial charge in [0.2, 0.25) is 5.88 Å². The first-order chi connectivity index (χ1) is 9.58. The van der Waals surface area contributed by atoms with E-state index in [1.54, 1.807) is 36.1 Å². The van der Waals surface area contributed by atoms with E-state index in [4.69, 9.17) is 21.9 Å². The molecule has 0 amide bonds. The molecule has 0 saturated carbocycles. The molecule has 0 unspecified atom stereocenters. The molecule has 0 atom stereocenters. The maximum Gasteiger partial charge on any atom is 0.230 e. The molecule has 102 valence electrons. The molecule has 3 rings (SSSR count). The molecule has 0 fully saturated rings. The predicted molar refractivity (Wildman–Crippen MR) is 73.5 cm³/mol. The van der Waals surface area contributed by atoms with Gasteiger partial charge in [-0.2, -0.15) is 5.10 Å². The molecule has 2 aromatic heterocycles. The topological polar surface area (TPSA) is 69.9 Å². The van der Waals surface area contributed by atoms with Gasteiger partial charge in [-0.3, -0.25) is 4.68 Å². The average Bonchev–Trinajstić information content (AvgIpc) is 2.99. The van der Waals surface area contributed by atoms with Crippen LogP contribution < -0.4 is 5.73 Å². The van der Waals surface area contributed by atoms with E-state index in [9.17, 15) is 4.39 Å². The van der Waals surface area contributed by atoms with E-state index >= 15 is 0 Å². The molecule has 0 aliphatic heterocycles. The SMILES string of the molecule is Cn1ccc(-c2noc(N)c2-c2cccc(Cl)c2F)n1. The van der Waals surface area contributed by atoms with Gasteiger partial charge in [0.05, 0.1) is 10.6 Å². The van der Waals surface area contributed by atoms with Crippen LogP contribution in [-0.2, 0) is 7.05 Å². The second-order valence-corrected chi connectivity index (χ2v) is 4.65. The Kier molecular flexibility index (Phi) is 2.94. The summed E-state index contributed by atoms with van der Waals surface area (Å²) >= 11 is 5.80. The van der Waals surface area contributed by atoms with Gasteiger partial charge in [-0.05, 0) is 12.1 Å². The zero-order valence-electron chi connectivity index (χ0n) is 10.5. The van der Waals surface area contributed by atoms with E-state index < -0.39 is 5.82 Å². The molecule has 0 aliphatic carbocycles. The van der Waals surface area contributed by atoms with Crippen molar-refractivity contribution < 1.29 is 8.91 Å². The molecule has 2 N–H and O–H groups in total. The van der Waals surface area contributed by atoms with Crippen LogP contribution in [0.25, 0.3) is 22.5 Å². The first-order valence-corrected chi connectivity index (χ1v) is 6.15. The van der Waals surface area contributed by atoms with E-state index in [1.807, 2.05) is 0 Å². The normalized spacial score (nSPS) is 10.9. The third kappa shape index (κ3) is 1.94. The third-order valence-corrected chi connectivity index (χ3v) is 3.19. The molecule has 0 spiro atoms. The van der Waals surface area contributed by atoms with Crippen LogP contribution in [-0.4, -0.2) is 14.9 Å². The summed E-state index contributed by atoms with van der Waals surface area (Å²) in [7, 11) is 1.77. The van der Waals surface area contributed by atoms with E-state index in [1.165, 1.54) is 6.07 Å². The maximum atomic E-state index is 14.2. The number of anilines is 1. The standard InChI is InChI=1S/C13H10ClFN4O/c1-19-6-5-9(17-19)12-10(13(16)20-18-12)7-3-2-4-8(14)11(7)15/h2-6H,16H2,1H3. The molecule has 1 aromatic carbocycles. The molecule has 0 radical (unpaired) electrons. The highest BCUT2D eigenvalue weighted by Crippen LogP contribution is 2.38. The Morgan fingerprint density at radius 1 is 1.35 bits per heavy atom. The van der Waals surface area contributed by atoms with Gasteiger partial charge in [-0.25, -0.2) is 4.39 Å². The van der Waals surface area contributed by atoms with Gasteiger partial charge in [0.25, 0.3) is 0 Å². The number of hydrogen-bond acceptors (Lipinski definition) is 4. The van der Waals surface area contributed by atoms with E-state index in [2.05, 4.69) is 10.3 Å². The molecule has 5 nitrogen and oxygen atoms in total. The second-order valence-electron chi connectivity index (χ2n) is 4.25. The van der Waals surface area contributed by atoms with Gasteiger partial charge >= 0.3 is 0 Å². The Hall–Kier alpha value is -2.34. The van der Waals surface area contributed by atoms with Crippen LogP contribution in [0.15, 0.2) is 35.0 Å². The minimum absolute atomic E-state index is 0.00932. The van der Waals surface area contributed by atoms with Gasteiger partial charge in [0, 0.05) is 18.8 Å². The van der Waals surface area contributed by atoms with Crippen LogP contribution in [0.5, 0.6) is 0 Å². The number of benzene rings is 1. The third-order valence-electron chi connectivity index (χ3n) is 2.90. The van der Waals surface area contributed by atoms with Crippen molar-refractivity contribution >= 4 is 17.5 Å². The van der Waals surface area contributed by atoms with Gasteiger partial charge < -0.3 is 10.3 Å². The molecule has 7 heteroatoms. The molecule has 20 heavy (non-hydrogen) atoms. The van der Waals surface area contributed by atoms with Crippen molar-refractivity contribution in [1.82, 2.24) is 14.9 Å². The molecule has 2 heterocycles. The first-order valence-electron chi connectivity index (χ1n) is 5.77. The monoisotopic (exact) mass is 292 g/mol. The van der Waals surface area contributed by atoms with Crippen LogP contribution >= 0.6 is 11.6 Å². The van der Waals surface area contributed by atoms with Crippen LogP contribution in [0.4, 0.5) is 10.3 Å². The predicted octanol–water partition coefficient (Wildman–Crippen LogP) is 3.12. The van der Waals surface area contributed by atoms with Gasteiger partial charge in [-0.15, -0.1) is 0 Å². The lowest BCUT2D eigenvalue weighted by Crippen LogP contribution is -1.93. The van der Waals surface area contributed by atoms with Crippen molar-refractivity contribution in [3.05, 3.63) is 41.3 Å². The summed E-state index contributed by atoms with van der Waals surface area (Å²) in [4.78, 5) is 0. The van der Waals surface area contributed by atoms with Crippen molar-refractivity contribution in [1.29, 1.82) is 0 Å². The zero-order chi connectivity index (χ0) is 14.3. The Morgan fingerprint density at radius 2 is 2.15 bits per heavy atom. The summed E-state index contributed by atoms with van der Waals surface area (Å²) in [5.41, 5.74) is 7.27. The smallest absolute Gasteiger partial charge is 0.230 e. The average molecular weight is 293 g/mol. The Bertz CT molecular complexity index is 781. The number of nitrogens with two attached hydrogens (primary N) is 1. The van der Waals surface area contributed by atoms with Gasteiger partial charge in [-0.1, -0.05) is 28.9 Å². The number of rotatable bonds is 2. The molecule has 0 saturated heterocycles. The van der Waals surface area contributed by atoms with Crippen molar-refractivity contribution in [3.63, 3.8) is 0 Å². The quantitative estimate of drug-likeness (QED) is 0.788. The Labute approximate surface area is 118 Å². The lowest BCUT2D eigenvalue weighted by Gasteiger charge is -2.04. The first kappa shape index (κ1) is 12.7. The highest BCUT2D eigenvalue weighted by atomic mass is 35.5. The molecular formula is C13H10ClFN4O. The van der Waals surface area contributed by atoms with E-state index in [-0.39, 0.29) is 16.5 Å². The fourth-order valence-electron chi connectivity index (χ4n) is 1.98. The van der Waals surface area contributed by atoms with Crippen molar-refractivity contribution in [2.45, 2.75) is 0 Å². The lowest BCUT2D eigenvalue weighted by molar-refractivity contribution is 0.439. The number of nitrogens with zero attached hydrogens (tertiary/aromatic N) is 3. The van der Waals surface area contributed by atoms with Crippen LogP contribution in [0.1, 0.15) is 0 Å². The van der Waals surface area contributed by atoms with E-state index in [0.29, 0.717) is 17.0 Å². The summed E-state index contributed by atoms with van der Waals surface area (Å²) < 4.78 is 20.8. The van der Waals surface area contributed by atoms with Crippen molar-refractivity contribution in [3.8, 4) is 22.5 Å². The summed E-state index contributed by atoms with van der Waals surface area (Å²) in [6.07, 6.45) is 1.75. The van der Waals surface area contributed by atoms with E-state index in [0.717, 1.165) is 0 Å². The Balaban J connectivity index is 2.24. The second kappa shape index (κ2) is 4.64. The molecule has 3 aromatic rings. The number of halogens is 2. The number of nitrogen functional groups attached to an aromatic ring is 1. The summed E-state index contributed by atoms with van der Waals surface area (Å²) in [6.45, 7) is 0. The minimum Gasteiger partial charge on any atom is -0.367 e. The largest absolute Gasteiger partial charge is 0.367 e. The molecular weight excluding hydrogens is 283 g/mol. The number of aromatic nitrogens is 3. The summed E-state index contributed by atoms with van der Waals surface area (Å²) in [5, 5.41) is 8.09. The van der Waals surface area contributed by atoms with Crippen LogP contribution in [0.2, 0.25) is 5.02 Å². The van der Waals surface area contributed by atoms with Crippen LogP contribution in [0, 0.1) is 5.82 Å². The van der Waals surface area contributed by atoms with Gasteiger partial charge in [0.15, 0.2) is 0 Å². The number of aryl methyl sites for hydroxylation is 1. The highest BCUT2D eigenvalue weighted by molar-refractivity contribution is 6.31. The maximum absolute atomic E-state index is 14.2. The highest BCUT2D eigenvalue weighted by Gasteiger charge is 2.22. The molecule has 0 bridgehead atoms. The lowest BCUT2D eigenvalue weighted by atomic mass is 10.0. The zero-order valence-corrected chi connectivity index (χ0v) is 11.2. The fourth-order valence-corrected chi connectivity index (χ4v) is 2.15. The Morgan fingerprint density at radius 3 is 2.85 bits per heavy atom. The molecule has 0 aliphatic rings. The van der Waals surface area contributed by atoms with Crippen LogP contribution in [0.3, 0.4) is 0 Å².